The number of ether oxygens (including phenoxy) is 1. The number of rotatable bonds is 5. The Balaban J connectivity index is 1.21. The molecular formula is C22H30N8O2. The highest BCUT2D eigenvalue weighted by molar-refractivity contribution is 6.43. The first kappa shape index (κ1) is 21.0. The first-order valence-corrected chi connectivity index (χ1v) is 11.4. The van der Waals surface area contributed by atoms with E-state index in [1.807, 2.05) is 17.3 Å². The number of hydrazone groups is 1. The maximum atomic E-state index is 12.9. The van der Waals surface area contributed by atoms with Crippen LogP contribution < -0.4 is 15.5 Å². The fraction of sp³-hybridized carbons (Fsp3) is 0.545. The van der Waals surface area contributed by atoms with E-state index in [0.717, 1.165) is 76.0 Å². The minimum atomic E-state index is -0.170. The smallest absolute Gasteiger partial charge is 0.272 e. The number of aliphatic imine (C=N–C) groups is 1. The third-order valence-electron chi connectivity index (χ3n) is 6.25. The van der Waals surface area contributed by atoms with Gasteiger partial charge in [0, 0.05) is 71.1 Å². The molecule has 1 amide bonds. The van der Waals surface area contributed by atoms with E-state index in [1.54, 1.807) is 12.4 Å². The van der Waals surface area contributed by atoms with E-state index in [4.69, 9.17) is 9.73 Å². The number of allylic oxidation sites excluding steroid dienone is 1. The molecule has 5 rings (SSSR count). The summed E-state index contributed by atoms with van der Waals surface area (Å²) in [4.78, 5) is 26.5. The number of nitrogens with zero attached hydrogens (tertiary/aromatic N) is 6. The van der Waals surface area contributed by atoms with Crippen molar-refractivity contribution in [2.45, 2.75) is 19.0 Å². The second-order valence-corrected chi connectivity index (χ2v) is 8.28. The van der Waals surface area contributed by atoms with Crippen molar-refractivity contribution in [1.82, 2.24) is 20.2 Å². The quantitative estimate of drug-likeness (QED) is 0.691. The summed E-state index contributed by atoms with van der Waals surface area (Å²) in [5.41, 5.74) is 3.22. The molecule has 0 saturated carbocycles. The third kappa shape index (κ3) is 4.67. The molecule has 5 heterocycles. The van der Waals surface area contributed by atoms with Crippen molar-refractivity contribution in [2.75, 3.05) is 69.2 Å². The van der Waals surface area contributed by atoms with Gasteiger partial charge in [-0.15, -0.1) is 0 Å². The van der Waals surface area contributed by atoms with Gasteiger partial charge in [-0.3, -0.25) is 24.7 Å². The van der Waals surface area contributed by atoms with Crippen LogP contribution in [0, 0.1) is 0 Å². The normalized spacial score (nSPS) is 24.3. The van der Waals surface area contributed by atoms with Crippen LogP contribution in [-0.4, -0.2) is 97.9 Å². The molecule has 4 aliphatic heterocycles. The molecule has 0 spiro atoms. The number of piperazine rings is 1. The van der Waals surface area contributed by atoms with Gasteiger partial charge in [0.25, 0.3) is 5.91 Å². The average Bonchev–Trinajstić information content (AvgIpc) is 3.36. The van der Waals surface area contributed by atoms with Gasteiger partial charge in [0.15, 0.2) is 0 Å². The number of hydrogen-bond donors (Lipinski definition) is 2. The molecule has 1 unspecified atom stereocenters. The molecule has 32 heavy (non-hydrogen) atoms. The van der Waals surface area contributed by atoms with Gasteiger partial charge < -0.3 is 20.3 Å². The van der Waals surface area contributed by atoms with Crippen LogP contribution in [0.5, 0.6) is 0 Å². The molecule has 1 atom stereocenters. The number of hydrogen-bond acceptors (Lipinski definition) is 9. The van der Waals surface area contributed by atoms with Gasteiger partial charge >= 0.3 is 0 Å². The van der Waals surface area contributed by atoms with Gasteiger partial charge in [0.05, 0.1) is 36.5 Å². The highest BCUT2D eigenvalue weighted by atomic mass is 16.5. The van der Waals surface area contributed by atoms with E-state index in [9.17, 15) is 4.79 Å². The summed E-state index contributed by atoms with van der Waals surface area (Å²) >= 11 is 0. The van der Waals surface area contributed by atoms with Gasteiger partial charge in [0.1, 0.15) is 11.9 Å². The number of amides is 1. The van der Waals surface area contributed by atoms with Crippen molar-refractivity contribution in [1.29, 1.82) is 0 Å². The van der Waals surface area contributed by atoms with Crippen LogP contribution >= 0.6 is 0 Å². The molecule has 1 aromatic heterocycles. The maximum absolute atomic E-state index is 12.9. The Morgan fingerprint density at radius 1 is 1.16 bits per heavy atom. The van der Waals surface area contributed by atoms with Crippen LogP contribution in [0.4, 0.5) is 11.4 Å². The maximum Gasteiger partial charge on any atom is 0.272 e. The van der Waals surface area contributed by atoms with Crippen LogP contribution in [-0.2, 0) is 9.53 Å². The van der Waals surface area contributed by atoms with Crippen LogP contribution in [0.2, 0.25) is 0 Å². The lowest BCUT2D eigenvalue weighted by molar-refractivity contribution is -0.110. The first-order valence-electron chi connectivity index (χ1n) is 11.4. The van der Waals surface area contributed by atoms with E-state index in [2.05, 4.69) is 36.6 Å². The zero-order chi connectivity index (χ0) is 21.8. The minimum Gasteiger partial charge on any atom is -0.379 e. The van der Waals surface area contributed by atoms with E-state index in [-0.39, 0.29) is 12.1 Å². The van der Waals surface area contributed by atoms with Gasteiger partial charge in [-0.2, -0.15) is 5.10 Å². The molecule has 1 aromatic rings. The summed E-state index contributed by atoms with van der Waals surface area (Å²) in [5.74, 6) is -0.170. The van der Waals surface area contributed by atoms with Crippen molar-refractivity contribution < 1.29 is 9.53 Å². The minimum absolute atomic E-state index is 0.170. The van der Waals surface area contributed by atoms with E-state index >= 15 is 0 Å². The largest absolute Gasteiger partial charge is 0.379 e. The van der Waals surface area contributed by atoms with Crippen molar-refractivity contribution in [2.24, 2.45) is 10.1 Å². The van der Waals surface area contributed by atoms with Crippen LogP contribution in [0.1, 0.15) is 12.8 Å². The Bertz CT molecular complexity index is 918. The second-order valence-electron chi connectivity index (χ2n) is 8.28. The summed E-state index contributed by atoms with van der Waals surface area (Å²) < 4.78 is 5.43. The Morgan fingerprint density at radius 2 is 2.00 bits per heavy atom. The number of carbonyl (C=O) groups is 1. The first-order chi connectivity index (χ1) is 15.8. The molecule has 2 saturated heterocycles. The number of carbonyl (C=O) groups excluding carboxylic acids is 1. The highest BCUT2D eigenvalue weighted by Crippen LogP contribution is 2.26. The van der Waals surface area contributed by atoms with E-state index in [0.29, 0.717) is 18.7 Å². The number of pyridine rings is 1. The summed E-state index contributed by atoms with van der Waals surface area (Å²) in [6.07, 6.45) is 9.16. The predicted octanol–water partition coefficient (Wildman–Crippen LogP) is 0.508. The molecule has 10 nitrogen and oxygen atoms in total. The molecule has 4 aliphatic rings. The molecule has 170 valence electrons. The molecule has 10 heteroatoms. The number of dihydropyridines is 1. The van der Waals surface area contributed by atoms with Gasteiger partial charge in [-0.1, -0.05) is 6.08 Å². The Morgan fingerprint density at radius 3 is 2.78 bits per heavy atom. The summed E-state index contributed by atoms with van der Waals surface area (Å²) in [6.45, 7) is 7.72. The zero-order valence-electron chi connectivity index (χ0n) is 18.2. The Labute approximate surface area is 188 Å². The molecule has 0 bridgehead atoms. The number of aromatic nitrogens is 1. The van der Waals surface area contributed by atoms with Gasteiger partial charge in [-0.05, 0) is 6.07 Å². The van der Waals surface area contributed by atoms with Crippen LogP contribution in [0.15, 0.2) is 40.3 Å². The standard InChI is InChI=1S/C22H30N8O2/c31-22(26-19-16-24-5-3-20(19)28-9-6-23-7-10-28)18-4-8-30(27-18)17-1-2-21(25-15-17)29-11-13-32-14-12-29/h1,3,5,15-16,21,23H,2,4,6-14H2,(H,26,31). The second kappa shape index (κ2) is 9.76. The average molecular weight is 439 g/mol. The zero-order valence-corrected chi connectivity index (χ0v) is 18.2. The highest BCUT2D eigenvalue weighted by Gasteiger charge is 2.26. The van der Waals surface area contributed by atoms with E-state index in [1.165, 1.54) is 0 Å². The lowest BCUT2D eigenvalue weighted by atomic mass is 10.2. The van der Waals surface area contributed by atoms with Gasteiger partial charge in [0.2, 0.25) is 0 Å². The third-order valence-corrected chi connectivity index (χ3v) is 6.25. The lowest BCUT2D eigenvalue weighted by Crippen LogP contribution is -2.43. The van der Waals surface area contributed by atoms with Crippen LogP contribution in [0.25, 0.3) is 0 Å². The van der Waals surface area contributed by atoms with Crippen molar-refractivity contribution >= 4 is 29.2 Å². The SMILES string of the molecule is O=C(Nc1cnccc1N1CCNCC1)C1=NN(C2=CCC(N3CCOCC3)N=C2)CC1. The van der Waals surface area contributed by atoms with Crippen molar-refractivity contribution in [3.05, 3.63) is 30.2 Å². The molecule has 0 radical (unpaired) electrons. The topological polar surface area (TPSA) is 97.7 Å². The molecule has 0 aliphatic carbocycles. The number of anilines is 2. The fourth-order valence-corrected chi connectivity index (χ4v) is 4.46. The molecular weight excluding hydrogens is 408 g/mol. The molecule has 0 aromatic carbocycles. The van der Waals surface area contributed by atoms with Crippen molar-refractivity contribution in [3.8, 4) is 0 Å². The number of nitrogens with one attached hydrogen (secondary N) is 2. The summed E-state index contributed by atoms with van der Waals surface area (Å²) in [6, 6.07) is 1.96. The van der Waals surface area contributed by atoms with E-state index < -0.39 is 0 Å². The number of morpholine rings is 1. The monoisotopic (exact) mass is 438 g/mol. The lowest BCUT2D eigenvalue weighted by Gasteiger charge is -2.33. The Kier molecular flexibility index (Phi) is 6.42. The van der Waals surface area contributed by atoms with Gasteiger partial charge in [-0.25, -0.2) is 0 Å². The molecule has 2 fully saturated rings. The van der Waals surface area contributed by atoms with Crippen LogP contribution in [0.3, 0.4) is 0 Å². The summed E-state index contributed by atoms with van der Waals surface area (Å²) in [5, 5.41) is 12.9. The molecule has 2 N–H and O–H groups in total. The Hall–Kier alpha value is -2.82. The van der Waals surface area contributed by atoms with Crippen molar-refractivity contribution in [3.63, 3.8) is 0 Å². The predicted molar refractivity (Wildman–Crippen MR) is 124 cm³/mol. The summed E-state index contributed by atoms with van der Waals surface area (Å²) in [7, 11) is 0. The fourth-order valence-electron chi connectivity index (χ4n) is 4.46.